The van der Waals surface area contributed by atoms with E-state index >= 15 is 0 Å². The molecule has 0 spiro atoms. The van der Waals surface area contributed by atoms with Crippen LogP contribution in [0, 0.1) is 0 Å². The zero-order valence-corrected chi connectivity index (χ0v) is 10.6. The van der Waals surface area contributed by atoms with E-state index < -0.39 is 6.09 Å². The molecule has 0 unspecified atom stereocenters. The minimum Gasteiger partial charge on any atom is -0.448 e. The lowest BCUT2D eigenvalue weighted by Crippen LogP contribution is -2.33. The van der Waals surface area contributed by atoms with E-state index in [0.717, 1.165) is 25.9 Å². The summed E-state index contributed by atoms with van der Waals surface area (Å²) in [7, 11) is 0. The highest BCUT2D eigenvalue weighted by molar-refractivity contribution is 8.00. The van der Waals surface area contributed by atoms with E-state index in [-0.39, 0.29) is 12.5 Å². The molecule has 4 N–H and O–H groups in total. The van der Waals surface area contributed by atoms with Crippen LogP contribution in [0.15, 0.2) is 0 Å². The Balaban J connectivity index is 1.98. The summed E-state index contributed by atoms with van der Waals surface area (Å²) in [6.45, 7) is 2.51. The Morgan fingerprint density at radius 2 is 2.12 bits per heavy atom. The van der Waals surface area contributed by atoms with Gasteiger partial charge in [0.05, 0.1) is 12.3 Å². The molecule has 0 aromatic heterocycles. The minimum atomic E-state index is -0.816. The number of thioether (sulfide) groups is 1. The number of hydrogen-bond acceptors (Lipinski definition) is 5. The maximum Gasteiger partial charge on any atom is 0.404 e. The predicted molar refractivity (Wildman–Crippen MR) is 66.9 cm³/mol. The molecule has 1 heterocycles. The summed E-state index contributed by atoms with van der Waals surface area (Å²) in [5.74, 6) is 0.433. The molecule has 1 rings (SSSR count). The number of nitrogens with two attached hydrogens (primary N) is 1. The molecule has 0 bridgehead atoms. The van der Waals surface area contributed by atoms with Crippen molar-refractivity contribution in [1.82, 2.24) is 10.6 Å². The van der Waals surface area contributed by atoms with Gasteiger partial charge in [0, 0.05) is 5.25 Å². The van der Waals surface area contributed by atoms with E-state index in [2.05, 4.69) is 15.4 Å². The van der Waals surface area contributed by atoms with E-state index in [4.69, 9.17) is 5.73 Å². The van der Waals surface area contributed by atoms with Crippen LogP contribution in [0.2, 0.25) is 0 Å². The average molecular weight is 261 g/mol. The normalized spacial score (nSPS) is 16.5. The maximum atomic E-state index is 11.4. The molecule has 98 valence electrons. The van der Waals surface area contributed by atoms with Crippen molar-refractivity contribution in [1.29, 1.82) is 0 Å². The van der Waals surface area contributed by atoms with E-state index in [1.165, 1.54) is 0 Å². The standard InChI is InChI=1S/C10H19N3O3S/c11-10(15)16-6-5-13-9(14)7-17-8-1-3-12-4-2-8/h8,12H,1-7H2,(H2,11,15)(H,13,14). The molecule has 7 heteroatoms. The van der Waals surface area contributed by atoms with Crippen LogP contribution >= 0.6 is 11.8 Å². The van der Waals surface area contributed by atoms with Crippen molar-refractivity contribution in [3.8, 4) is 0 Å². The second-order valence-electron chi connectivity index (χ2n) is 3.78. The lowest BCUT2D eigenvalue weighted by Gasteiger charge is -2.21. The first-order valence-corrected chi connectivity index (χ1v) is 6.74. The van der Waals surface area contributed by atoms with Crippen LogP contribution in [0.25, 0.3) is 0 Å². The van der Waals surface area contributed by atoms with Crippen molar-refractivity contribution in [2.24, 2.45) is 5.73 Å². The Labute approximate surface area is 105 Å². The molecule has 2 amide bonds. The Morgan fingerprint density at radius 3 is 2.76 bits per heavy atom. The summed E-state index contributed by atoms with van der Waals surface area (Å²) >= 11 is 1.69. The summed E-state index contributed by atoms with van der Waals surface area (Å²) in [6, 6.07) is 0. The van der Waals surface area contributed by atoms with Crippen molar-refractivity contribution in [2.75, 3.05) is 32.0 Å². The van der Waals surface area contributed by atoms with Gasteiger partial charge in [-0.1, -0.05) is 0 Å². The van der Waals surface area contributed by atoms with Crippen molar-refractivity contribution in [3.05, 3.63) is 0 Å². The number of nitrogens with one attached hydrogen (secondary N) is 2. The molecule has 0 saturated carbocycles. The fourth-order valence-electron chi connectivity index (χ4n) is 1.55. The molecule has 0 aliphatic carbocycles. The smallest absolute Gasteiger partial charge is 0.404 e. The molecule has 1 fully saturated rings. The first-order valence-electron chi connectivity index (χ1n) is 5.69. The highest BCUT2D eigenvalue weighted by Crippen LogP contribution is 2.19. The van der Waals surface area contributed by atoms with Crippen LogP contribution in [0.5, 0.6) is 0 Å². The Hall–Kier alpha value is -0.950. The van der Waals surface area contributed by atoms with Crippen LogP contribution in [0.4, 0.5) is 4.79 Å². The SMILES string of the molecule is NC(=O)OCCNC(=O)CSC1CCNCC1. The lowest BCUT2D eigenvalue weighted by molar-refractivity contribution is -0.118. The van der Waals surface area contributed by atoms with Crippen LogP contribution in [-0.2, 0) is 9.53 Å². The highest BCUT2D eigenvalue weighted by Gasteiger charge is 2.14. The Bertz CT molecular complexity index is 257. The largest absolute Gasteiger partial charge is 0.448 e. The van der Waals surface area contributed by atoms with Gasteiger partial charge >= 0.3 is 6.09 Å². The zero-order valence-electron chi connectivity index (χ0n) is 9.74. The second kappa shape index (κ2) is 8.19. The van der Waals surface area contributed by atoms with Gasteiger partial charge in [0.2, 0.25) is 5.91 Å². The second-order valence-corrected chi connectivity index (χ2v) is 5.07. The van der Waals surface area contributed by atoms with Crippen molar-refractivity contribution in [2.45, 2.75) is 18.1 Å². The molecule has 0 radical (unpaired) electrons. The molecule has 0 aromatic rings. The molecular formula is C10H19N3O3S. The van der Waals surface area contributed by atoms with E-state index in [1.54, 1.807) is 11.8 Å². The Kier molecular flexibility index (Phi) is 6.80. The summed E-state index contributed by atoms with van der Waals surface area (Å²) in [6.07, 6.45) is 1.41. The first kappa shape index (κ1) is 14.1. The summed E-state index contributed by atoms with van der Waals surface area (Å²) in [5.41, 5.74) is 4.78. The molecule has 1 saturated heterocycles. The lowest BCUT2D eigenvalue weighted by atomic mass is 10.2. The number of piperidine rings is 1. The van der Waals surface area contributed by atoms with Gasteiger partial charge in [0.15, 0.2) is 0 Å². The van der Waals surface area contributed by atoms with Gasteiger partial charge in [-0.2, -0.15) is 0 Å². The Morgan fingerprint density at radius 1 is 1.41 bits per heavy atom. The molecule has 17 heavy (non-hydrogen) atoms. The maximum absolute atomic E-state index is 11.4. The molecule has 1 aliphatic heterocycles. The fraction of sp³-hybridized carbons (Fsp3) is 0.800. The summed E-state index contributed by atoms with van der Waals surface area (Å²) < 4.78 is 4.50. The molecule has 6 nitrogen and oxygen atoms in total. The molecule has 1 aliphatic rings. The van der Waals surface area contributed by atoms with Gasteiger partial charge < -0.3 is 21.1 Å². The van der Waals surface area contributed by atoms with Gasteiger partial charge in [0.1, 0.15) is 6.61 Å². The number of carbonyl (C=O) groups is 2. The van der Waals surface area contributed by atoms with Crippen LogP contribution in [-0.4, -0.2) is 49.2 Å². The van der Waals surface area contributed by atoms with Crippen molar-refractivity contribution in [3.63, 3.8) is 0 Å². The van der Waals surface area contributed by atoms with E-state index in [9.17, 15) is 9.59 Å². The highest BCUT2D eigenvalue weighted by atomic mass is 32.2. The van der Waals surface area contributed by atoms with Gasteiger partial charge in [-0.25, -0.2) is 4.79 Å². The average Bonchev–Trinajstić information content (AvgIpc) is 2.33. The van der Waals surface area contributed by atoms with Gasteiger partial charge in [-0.3, -0.25) is 4.79 Å². The number of amides is 2. The number of rotatable bonds is 6. The first-order chi connectivity index (χ1) is 8.18. The predicted octanol–water partition coefficient (Wildman–Crippen LogP) is -0.317. The number of primary amides is 1. The molecular weight excluding hydrogens is 242 g/mol. The topological polar surface area (TPSA) is 93.5 Å². The zero-order chi connectivity index (χ0) is 12.5. The van der Waals surface area contributed by atoms with Crippen molar-refractivity contribution < 1.29 is 14.3 Å². The number of carbonyl (C=O) groups excluding carboxylic acids is 2. The summed E-state index contributed by atoms with van der Waals surface area (Å²) in [4.78, 5) is 21.7. The van der Waals surface area contributed by atoms with Gasteiger partial charge in [-0.15, -0.1) is 11.8 Å². The van der Waals surface area contributed by atoms with Crippen LogP contribution in [0.1, 0.15) is 12.8 Å². The van der Waals surface area contributed by atoms with Crippen LogP contribution in [0.3, 0.4) is 0 Å². The van der Waals surface area contributed by atoms with Crippen LogP contribution < -0.4 is 16.4 Å². The minimum absolute atomic E-state index is 0.0263. The number of ether oxygens (including phenoxy) is 1. The summed E-state index contributed by atoms with van der Waals surface area (Å²) in [5, 5.41) is 6.52. The van der Waals surface area contributed by atoms with Crippen molar-refractivity contribution >= 4 is 23.8 Å². The van der Waals surface area contributed by atoms with E-state index in [0.29, 0.717) is 17.5 Å². The monoisotopic (exact) mass is 261 g/mol. The third-order valence-corrected chi connectivity index (χ3v) is 3.78. The van der Waals surface area contributed by atoms with E-state index in [1.807, 2.05) is 0 Å². The molecule has 0 aromatic carbocycles. The fourth-order valence-corrected chi connectivity index (χ4v) is 2.61. The van der Waals surface area contributed by atoms with Gasteiger partial charge in [-0.05, 0) is 25.9 Å². The quantitative estimate of drug-likeness (QED) is 0.570. The third-order valence-electron chi connectivity index (χ3n) is 2.40. The molecule has 0 atom stereocenters. The number of hydrogen-bond donors (Lipinski definition) is 3. The third kappa shape index (κ3) is 7.06. The van der Waals surface area contributed by atoms with Gasteiger partial charge in [0.25, 0.3) is 0 Å².